The largest absolute Gasteiger partial charge is 0.466 e. The Bertz CT molecular complexity index is 818. The molecule has 2 amide bonds. The molecule has 0 N–H and O–H groups in total. The van der Waals surface area contributed by atoms with Gasteiger partial charge in [0.05, 0.1) is 24.3 Å². The smallest absolute Gasteiger partial charge is 0.257 e. The van der Waals surface area contributed by atoms with Gasteiger partial charge in [-0.3, -0.25) is 9.59 Å². The van der Waals surface area contributed by atoms with Crippen LogP contribution in [0.15, 0.2) is 16.7 Å². The molecule has 0 radical (unpaired) electrons. The molecule has 8 heteroatoms. The molecule has 132 valence electrons. The molecule has 2 aromatic heterocycles. The third-order valence-electron chi connectivity index (χ3n) is 4.88. The van der Waals surface area contributed by atoms with Crippen LogP contribution in [0.1, 0.15) is 46.5 Å². The zero-order chi connectivity index (χ0) is 17.6. The molecule has 0 saturated carbocycles. The maximum atomic E-state index is 12.5. The summed E-state index contributed by atoms with van der Waals surface area (Å²) in [4.78, 5) is 27.8. The van der Waals surface area contributed by atoms with E-state index in [-0.39, 0.29) is 17.9 Å². The summed E-state index contributed by atoms with van der Waals surface area (Å²) in [6.07, 6.45) is 3.42. The lowest BCUT2D eigenvalue weighted by molar-refractivity contribution is -0.128. The molecule has 2 aliphatic rings. The van der Waals surface area contributed by atoms with Crippen molar-refractivity contribution in [2.75, 3.05) is 19.6 Å². The van der Waals surface area contributed by atoms with E-state index in [4.69, 9.17) is 4.42 Å². The van der Waals surface area contributed by atoms with Crippen LogP contribution in [0.3, 0.4) is 0 Å². The number of furan rings is 1. The molecule has 2 fully saturated rings. The fraction of sp³-hybridized carbons (Fsp3) is 0.529. The van der Waals surface area contributed by atoms with E-state index in [1.807, 2.05) is 18.0 Å². The second-order valence-electron chi connectivity index (χ2n) is 6.80. The third-order valence-corrected chi connectivity index (χ3v) is 4.88. The van der Waals surface area contributed by atoms with Crippen molar-refractivity contribution >= 4 is 11.8 Å². The van der Waals surface area contributed by atoms with Crippen LogP contribution in [0, 0.1) is 13.8 Å². The highest BCUT2D eigenvalue weighted by atomic mass is 16.3. The van der Waals surface area contributed by atoms with Gasteiger partial charge in [-0.1, -0.05) is 5.21 Å². The summed E-state index contributed by atoms with van der Waals surface area (Å²) in [5, 5.41) is 8.33. The van der Waals surface area contributed by atoms with Crippen LogP contribution in [0.5, 0.6) is 0 Å². The van der Waals surface area contributed by atoms with Crippen molar-refractivity contribution in [3.8, 4) is 0 Å². The van der Waals surface area contributed by atoms with Crippen molar-refractivity contribution in [2.45, 2.75) is 39.3 Å². The average molecular weight is 343 g/mol. The lowest BCUT2D eigenvalue weighted by Crippen LogP contribution is -2.51. The van der Waals surface area contributed by atoms with Crippen LogP contribution in [-0.4, -0.2) is 56.2 Å². The van der Waals surface area contributed by atoms with Crippen LogP contribution < -0.4 is 0 Å². The Labute approximate surface area is 145 Å². The summed E-state index contributed by atoms with van der Waals surface area (Å²) >= 11 is 0. The van der Waals surface area contributed by atoms with Gasteiger partial charge in [0.25, 0.3) is 5.91 Å². The second kappa shape index (κ2) is 6.02. The van der Waals surface area contributed by atoms with Gasteiger partial charge in [0.15, 0.2) is 0 Å². The van der Waals surface area contributed by atoms with Crippen molar-refractivity contribution < 1.29 is 14.0 Å². The van der Waals surface area contributed by atoms with Gasteiger partial charge < -0.3 is 14.2 Å². The molecule has 8 nitrogen and oxygen atoms in total. The highest BCUT2D eigenvalue weighted by Gasteiger charge is 2.34. The topological polar surface area (TPSA) is 84.5 Å². The van der Waals surface area contributed by atoms with Crippen LogP contribution in [0.25, 0.3) is 0 Å². The fourth-order valence-electron chi connectivity index (χ4n) is 3.43. The van der Waals surface area contributed by atoms with Gasteiger partial charge in [-0.2, -0.15) is 0 Å². The number of likely N-dealkylation sites (tertiary alicyclic amines) is 2. The van der Waals surface area contributed by atoms with Crippen molar-refractivity contribution in [1.82, 2.24) is 24.8 Å². The summed E-state index contributed by atoms with van der Waals surface area (Å²) in [6, 6.07) is 1.92. The molecule has 2 aromatic rings. The first-order valence-electron chi connectivity index (χ1n) is 8.56. The lowest BCUT2D eigenvalue weighted by atomic mass is 10.1. The number of nitrogens with zero attached hydrogens (tertiary/aromatic N) is 5. The molecule has 2 saturated heterocycles. The standard InChI is InChI=1S/C17H21N5O3/c1-11-6-15(12(2)25-11)17(24)21-9-14(10-21)22-8-13(18-19-22)7-20-5-3-4-16(20)23/h6,8,14H,3-5,7,9-10H2,1-2H3. The number of hydrogen-bond donors (Lipinski definition) is 0. The third kappa shape index (κ3) is 2.92. The Morgan fingerprint density at radius 1 is 1.36 bits per heavy atom. The Kier molecular flexibility index (Phi) is 3.82. The molecule has 0 aliphatic carbocycles. The maximum absolute atomic E-state index is 12.5. The number of aryl methyl sites for hydroxylation is 2. The minimum atomic E-state index is -0.00592. The lowest BCUT2D eigenvalue weighted by Gasteiger charge is -2.38. The Morgan fingerprint density at radius 3 is 2.80 bits per heavy atom. The first-order chi connectivity index (χ1) is 12.0. The Hall–Kier alpha value is -2.64. The second-order valence-corrected chi connectivity index (χ2v) is 6.80. The molecule has 2 aliphatic heterocycles. The molecule has 0 unspecified atom stereocenters. The van der Waals surface area contributed by atoms with Crippen LogP contribution in [0.4, 0.5) is 0 Å². The van der Waals surface area contributed by atoms with Crippen molar-refractivity contribution in [1.29, 1.82) is 0 Å². The van der Waals surface area contributed by atoms with E-state index in [9.17, 15) is 9.59 Å². The zero-order valence-corrected chi connectivity index (χ0v) is 14.4. The van der Waals surface area contributed by atoms with E-state index in [2.05, 4.69) is 10.3 Å². The predicted octanol–water partition coefficient (Wildman–Crippen LogP) is 1.31. The monoisotopic (exact) mass is 343 g/mol. The highest BCUT2D eigenvalue weighted by Crippen LogP contribution is 2.25. The van der Waals surface area contributed by atoms with Crippen molar-refractivity contribution in [3.05, 3.63) is 35.0 Å². The van der Waals surface area contributed by atoms with E-state index in [0.29, 0.717) is 37.4 Å². The number of amides is 2. The predicted molar refractivity (Wildman–Crippen MR) is 87.8 cm³/mol. The summed E-state index contributed by atoms with van der Waals surface area (Å²) in [5.74, 6) is 1.58. The van der Waals surface area contributed by atoms with Gasteiger partial charge >= 0.3 is 0 Å². The highest BCUT2D eigenvalue weighted by molar-refractivity contribution is 5.95. The van der Waals surface area contributed by atoms with Crippen LogP contribution in [-0.2, 0) is 11.3 Å². The van der Waals surface area contributed by atoms with E-state index in [1.54, 1.807) is 22.6 Å². The van der Waals surface area contributed by atoms with E-state index in [1.165, 1.54) is 0 Å². The molecule has 0 spiro atoms. The summed E-state index contributed by atoms with van der Waals surface area (Å²) in [7, 11) is 0. The minimum Gasteiger partial charge on any atom is -0.466 e. The molecule has 0 bridgehead atoms. The summed E-state index contributed by atoms with van der Waals surface area (Å²) in [5.41, 5.74) is 1.42. The first-order valence-corrected chi connectivity index (χ1v) is 8.56. The number of carbonyl (C=O) groups is 2. The molecule has 4 heterocycles. The van der Waals surface area contributed by atoms with Gasteiger partial charge in [-0.05, 0) is 26.3 Å². The van der Waals surface area contributed by atoms with Crippen molar-refractivity contribution in [3.63, 3.8) is 0 Å². The summed E-state index contributed by atoms with van der Waals surface area (Å²) in [6.45, 7) is 6.16. The van der Waals surface area contributed by atoms with Gasteiger partial charge in [0, 0.05) is 26.1 Å². The normalized spacial score (nSPS) is 18.1. The maximum Gasteiger partial charge on any atom is 0.257 e. The SMILES string of the molecule is Cc1cc(C(=O)N2CC(n3cc(CN4CCCC4=O)nn3)C2)c(C)o1. The van der Waals surface area contributed by atoms with E-state index >= 15 is 0 Å². The zero-order valence-electron chi connectivity index (χ0n) is 14.4. The molecule has 25 heavy (non-hydrogen) atoms. The quantitative estimate of drug-likeness (QED) is 0.836. The number of hydrogen-bond acceptors (Lipinski definition) is 5. The van der Waals surface area contributed by atoms with Gasteiger partial charge in [0.1, 0.15) is 17.2 Å². The summed E-state index contributed by atoms with van der Waals surface area (Å²) < 4.78 is 7.23. The van der Waals surface area contributed by atoms with E-state index < -0.39 is 0 Å². The van der Waals surface area contributed by atoms with Crippen LogP contribution >= 0.6 is 0 Å². The minimum absolute atomic E-state index is 0.00592. The molecule has 4 rings (SSSR count). The Morgan fingerprint density at radius 2 is 2.16 bits per heavy atom. The van der Waals surface area contributed by atoms with Gasteiger partial charge in [-0.15, -0.1) is 5.10 Å². The fourth-order valence-corrected chi connectivity index (χ4v) is 3.43. The number of aromatic nitrogens is 3. The Balaban J connectivity index is 1.35. The molecule has 0 atom stereocenters. The molecule has 0 aromatic carbocycles. The van der Waals surface area contributed by atoms with Crippen molar-refractivity contribution in [2.24, 2.45) is 0 Å². The first kappa shape index (κ1) is 15.9. The molecular formula is C17H21N5O3. The number of rotatable bonds is 4. The van der Waals surface area contributed by atoms with Gasteiger partial charge in [-0.25, -0.2) is 4.68 Å². The number of carbonyl (C=O) groups excluding carboxylic acids is 2. The van der Waals surface area contributed by atoms with E-state index in [0.717, 1.165) is 24.4 Å². The van der Waals surface area contributed by atoms with Gasteiger partial charge in [0.2, 0.25) is 5.91 Å². The van der Waals surface area contributed by atoms with Crippen LogP contribution in [0.2, 0.25) is 0 Å². The average Bonchev–Trinajstić information content (AvgIpc) is 3.21. The molecular weight excluding hydrogens is 322 g/mol.